The quantitative estimate of drug-likeness (QED) is 0.0735. The second-order valence-corrected chi connectivity index (χ2v) is 19.4. The molecule has 0 radical (unpaired) electrons. The molecule has 1 aliphatic rings. The van der Waals surface area contributed by atoms with Gasteiger partial charge in [0.15, 0.2) is 0 Å². The number of rotatable bonds is 9. The zero-order chi connectivity index (χ0) is 35.2. The minimum absolute atomic E-state index is 0.00360. The van der Waals surface area contributed by atoms with E-state index in [0.29, 0.717) is 23.1 Å². The molecule has 0 saturated carbocycles. The Bertz CT molecular complexity index is 1700. The second kappa shape index (κ2) is 16.1. The van der Waals surface area contributed by atoms with E-state index >= 15 is 0 Å². The molecule has 0 unspecified atom stereocenters. The van der Waals surface area contributed by atoms with E-state index in [2.05, 4.69) is 132 Å². The summed E-state index contributed by atoms with van der Waals surface area (Å²) in [5, 5.41) is 10.7. The van der Waals surface area contributed by atoms with Crippen LogP contribution >= 0.6 is 19.4 Å². The van der Waals surface area contributed by atoms with Crippen LogP contribution in [0.5, 0.6) is 5.75 Å². The summed E-state index contributed by atoms with van der Waals surface area (Å²) in [4.78, 5) is 12.8. The number of nitro benzene ring substituents is 1. The molecule has 48 heavy (non-hydrogen) atoms. The average molecular weight is 776 g/mol. The first-order valence-corrected chi connectivity index (χ1v) is 21.8. The molecule has 4 aromatic carbocycles. The van der Waals surface area contributed by atoms with E-state index in [4.69, 9.17) is 24.1 Å². The molecular weight excluding hydrogens is 728 g/mol. The molecule has 5 rings (SSSR count). The first-order valence-electron chi connectivity index (χ1n) is 16.3. The smallest absolute Gasteiger partial charge is 0.0330 e. The minimum atomic E-state index is -2.05. The van der Waals surface area contributed by atoms with Gasteiger partial charge in [-0.05, 0) is 41.9 Å². The van der Waals surface area contributed by atoms with Crippen LogP contribution in [0.15, 0.2) is 97.1 Å². The molecule has 4 aromatic rings. The molecule has 2 atom stereocenters. The van der Waals surface area contributed by atoms with Crippen molar-refractivity contribution in [1.82, 2.24) is 0 Å². The average Bonchev–Trinajstić information content (AvgIpc) is 3.34. The number of para-hydroxylation sites is 1. The van der Waals surface area contributed by atoms with Gasteiger partial charge < -0.3 is 4.90 Å². The van der Waals surface area contributed by atoms with Crippen LogP contribution in [-0.4, -0.2) is 15.6 Å². The molecule has 5 nitrogen and oxygen atoms in total. The van der Waals surface area contributed by atoms with Crippen LogP contribution in [0.3, 0.4) is 0 Å². The van der Waals surface area contributed by atoms with Gasteiger partial charge in [0.25, 0.3) is 0 Å². The Balaban J connectivity index is 0.000000260. The Hall–Kier alpha value is -3.05. The Morgan fingerprint density at radius 2 is 1.38 bits per heavy atom. The zero-order valence-electron chi connectivity index (χ0n) is 29.1. The Morgan fingerprint density at radius 3 is 1.85 bits per heavy atom. The van der Waals surface area contributed by atoms with Crippen molar-refractivity contribution in [2.75, 3.05) is 4.90 Å². The third kappa shape index (κ3) is 8.75. The maximum Gasteiger partial charge on any atom is 0.0330 e. The molecule has 1 aliphatic heterocycles. The molecule has 0 spiro atoms. The van der Waals surface area contributed by atoms with Gasteiger partial charge in [-0.2, -0.15) is 0 Å². The van der Waals surface area contributed by atoms with Crippen molar-refractivity contribution in [1.29, 1.82) is 0 Å². The van der Waals surface area contributed by atoms with E-state index in [1.165, 1.54) is 40.1 Å². The van der Waals surface area contributed by atoms with Crippen molar-refractivity contribution >= 4 is 35.4 Å². The second-order valence-electron chi connectivity index (χ2n) is 13.6. The van der Waals surface area contributed by atoms with Gasteiger partial charge in [-0.1, -0.05) is 119 Å². The molecule has 0 amide bonds. The fourth-order valence-corrected chi connectivity index (χ4v) is 8.37. The monoisotopic (exact) mass is 775 g/mol. The fraction of sp³-hybridized carbons (Fsp3) is 0.350. The van der Waals surface area contributed by atoms with E-state index in [0.717, 1.165) is 6.42 Å². The summed E-state index contributed by atoms with van der Waals surface area (Å²) in [5.74, 6) is 1.49. The van der Waals surface area contributed by atoms with Crippen LogP contribution in [0.2, 0.25) is 0 Å². The first kappa shape index (κ1) is 37.8. The van der Waals surface area contributed by atoms with Crippen LogP contribution < -0.4 is 9.64 Å². The summed E-state index contributed by atoms with van der Waals surface area (Å²) in [6.07, 6.45) is 1.02. The van der Waals surface area contributed by atoms with Crippen LogP contribution in [0.4, 0.5) is 11.4 Å². The Kier molecular flexibility index (Phi) is 12.7. The van der Waals surface area contributed by atoms with Gasteiger partial charge in [-0.25, -0.2) is 6.54 Å². The van der Waals surface area contributed by atoms with Crippen molar-refractivity contribution < 1.29 is 23.2 Å². The van der Waals surface area contributed by atoms with Gasteiger partial charge in [0.05, 0.1) is 0 Å². The van der Waals surface area contributed by atoms with Gasteiger partial charge >= 0.3 is 112 Å². The number of nitro groups is 1. The molecule has 1 heterocycles. The van der Waals surface area contributed by atoms with Crippen molar-refractivity contribution in [3.05, 3.63) is 142 Å². The summed E-state index contributed by atoms with van der Waals surface area (Å²) in [6.45, 7) is 20.4. The van der Waals surface area contributed by atoms with E-state index < -0.39 is 18.4 Å². The zero-order valence-corrected chi connectivity index (χ0v) is 32.3. The van der Waals surface area contributed by atoms with E-state index in [9.17, 15) is 10.1 Å². The molecular formula is C40H47Cl2N2O3Ru-. The van der Waals surface area contributed by atoms with Gasteiger partial charge in [-0.15, -0.1) is 5.41 Å². The third-order valence-corrected chi connectivity index (χ3v) is 10.7. The van der Waals surface area contributed by atoms with Crippen molar-refractivity contribution in [2.45, 2.75) is 90.7 Å². The van der Waals surface area contributed by atoms with Gasteiger partial charge in [0.2, 0.25) is 0 Å². The predicted octanol–water partition coefficient (Wildman–Crippen LogP) is 11.6. The number of ether oxygens (including phenoxy) is 1. The third-order valence-electron chi connectivity index (χ3n) is 8.82. The van der Waals surface area contributed by atoms with Crippen LogP contribution in [-0.2, 0) is 24.5 Å². The van der Waals surface area contributed by atoms with E-state index in [1.54, 1.807) is 10.7 Å². The summed E-state index contributed by atoms with van der Waals surface area (Å²) < 4.78 is 7.17. The molecule has 0 N–H and O–H groups in total. The van der Waals surface area contributed by atoms with Crippen LogP contribution in [0.25, 0.3) is 0 Å². The molecule has 0 aromatic heterocycles. The molecule has 0 aliphatic carbocycles. The molecule has 1 saturated heterocycles. The number of hydrogen-bond acceptors (Lipinski definition) is 4. The summed E-state index contributed by atoms with van der Waals surface area (Å²) in [5.41, 5.74) is 7.44. The van der Waals surface area contributed by atoms with Crippen LogP contribution in [0.1, 0.15) is 101 Å². The van der Waals surface area contributed by atoms with Gasteiger partial charge in [0, 0.05) is 11.2 Å². The topological polar surface area (TPSA) is 55.6 Å². The van der Waals surface area contributed by atoms with E-state index in [1.807, 2.05) is 13.8 Å². The maximum absolute atomic E-state index is 10.7. The molecule has 8 heteroatoms. The predicted molar refractivity (Wildman–Crippen MR) is 199 cm³/mol. The maximum atomic E-state index is 10.7. The van der Waals surface area contributed by atoms with Crippen molar-refractivity contribution in [3.63, 3.8) is 0 Å². The number of hydrogen-bond donors (Lipinski definition) is 0. The molecule has 258 valence electrons. The Morgan fingerprint density at radius 1 is 0.833 bits per heavy atom. The number of halogens is 2. The van der Waals surface area contributed by atoms with E-state index in [-0.39, 0.29) is 22.7 Å². The standard InChI is InChI=1S/C30H36N.C10H11NO3.2ClH.Ru/c1-22(2)26-18-13-19-27(23(3)4)28(26)31-21-29(5,24-14-9-7-10-15-24)20-30(31,6)25-16-11-8-12-17-25;1-7(2)14-10-5-4-9(11(12)13)6-8(10)3;;;/h7-19,21-23H,20H2,1-6H3;3-7H,1-2H3;2*1H;/q-1;;;;+2/p-2/t29-,30+;;;;/m0..../s1. The number of anilines is 1. The van der Waals surface area contributed by atoms with Crippen LogP contribution in [0, 0.1) is 16.7 Å². The van der Waals surface area contributed by atoms with Crippen molar-refractivity contribution in [2.24, 2.45) is 0 Å². The van der Waals surface area contributed by atoms with Gasteiger partial charge in [-0.3, -0.25) is 0 Å². The fourth-order valence-electron chi connectivity index (χ4n) is 6.58. The summed E-state index contributed by atoms with van der Waals surface area (Å²) in [6, 6.07) is 33.3. The largest absolute Gasteiger partial charge is 0.513 e. The molecule has 0 bridgehead atoms. The normalized spacial score (nSPS) is 19.3. The Labute approximate surface area is 299 Å². The van der Waals surface area contributed by atoms with Crippen molar-refractivity contribution in [3.8, 4) is 5.75 Å². The SMILES string of the molecule is CC(C)Oc1ccc([N+](=O)[O-])cc1[CH]=[Ru]([Cl])[Cl].CC(C)c1cccc(C(C)C)c1N1[CH-][C@@](C)(c2ccccc2)C[C@]1(C)c1ccccc1. The number of benzene rings is 4. The van der Waals surface area contributed by atoms with Gasteiger partial charge in [0.1, 0.15) is 0 Å². The molecule has 1 fully saturated rings. The first-order chi connectivity index (χ1) is 22.7. The summed E-state index contributed by atoms with van der Waals surface area (Å²) in [7, 11) is 11.6. The summed E-state index contributed by atoms with van der Waals surface area (Å²) >= 11 is -2.05. The number of non-ortho nitro benzene ring substituents is 1. The minimum Gasteiger partial charge on any atom is -0.513 e. The number of nitrogens with zero attached hydrogens (tertiary/aromatic N) is 2.